The van der Waals surface area contributed by atoms with Gasteiger partial charge in [-0.05, 0) is 62.9 Å². The zero-order valence-corrected chi connectivity index (χ0v) is 18.6. The number of halogens is 1. The molecule has 1 aliphatic rings. The molecule has 1 atom stereocenters. The van der Waals surface area contributed by atoms with E-state index in [4.69, 9.17) is 9.47 Å². The molecule has 0 saturated carbocycles. The molecule has 1 N–H and O–H groups in total. The molecular weight excluding hydrogens is 413 g/mol. The number of benzene rings is 1. The average molecular weight is 439 g/mol. The molecule has 4 rings (SSSR count). The van der Waals surface area contributed by atoms with Gasteiger partial charge in [0.1, 0.15) is 22.9 Å². The molecule has 1 amide bonds. The number of nitrogens with zero attached hydrogens (tertiary/aromatic N) is 2. The first-order valence-corrected chi connectivity index (χ1v) is 10.5. The molecule has 32 heavy (non-hydrogen) atoms. The van der Waals surface area contributed by atoms with E-state index >= 15 is 0 Å². The van der Waals surface area contributed by atoms with E-state index in [1.807, 2.05) is 26.8 Å². The van der Waals surface area contributed by atoms with Gasteiger partial charge in [-0.2, -0.15) is 0 Å². The standard InChI is InChI=1S/C24H26FN3O4/c1-24(2,3)32-23(30)28-9-7-14(13-28)19-10-15-11-20(31-4)17(12-16(15)22(29)27-19)21-18(25)6-5-8-26-21/h5-6,8,10-12,14H,7,9,13H2,1-4H3,(H,27,29). The van der Waals surface area contributed by atoms with E-state index in [-0.39, 0.29) is 23.3 Å². The second kappa shape index (κ2) is 8.26. The highest BCUT2D eigenvalue weighted by molar-refractivity contribution is 5.90. The van der Waals surface area contributed by atoms with Gasteiger partial charge in [-0.3, -0.25) is 9.78 Å². The molecule has 1 aromatic carbocycles. The Kier molecular flexibility index (Phi) is 5.62. The van der Waals surface area contributed by atoms with Crippen LogP contribution in [0.2, 0.25) is 0 Å². The van der Waals surface area contributed by atoms with Crippen molar-refractivity contribution < 1.29 is 18.7 Å². The fraction of sp³-hybridized carbons (Fsp3) is 0.375. The number of pyridine rings is 2. The van der Waals surface area contributed by atoms with Crippen LogP contribution in [0.3, 0.4) is 0 Å². The van der Waals surface area contributed by atoms with Crippen LogP contribution >= 0.6 is 0 Å². The second-order valence-electron chi connectivity index (χ2n) is 8.94. The van der Waals surface area contributed by atoms with Crippen LogP contribution in [0.4, 0.5) is 9.18 Å². The van der Waals surface area contributed by atoms with Gasteiger partial charge in [-0.25, -0.2) is 9.18 Å². The molecular formula is C24H26FN3O4. The number of methoxy groups -OCH3 is 1. The van der Waals surface area contributed by atoms with Gasteiger partial charge in [0.05, 0.1) is 7.11 Å². The Hall–Kier alpha value is -3.42. The lowest BCUT2D eigenvalue weighted by Crippen LogP contribution is -2.35. The largest absolute Gasteiger partial charge is 0.496 e. The van der Waals surface area contributed by atoms with Gasteiger partial charge in [0.15, 0.2) is 0 Å². The smallest absolute Gasteiger partial charge is 0.410 e. The number of hydrogen-bond acceptors (Lipinski definition) is 5. The van der Waals surface area contributed by atoms with Crippen LogP contribution in [0.25, 0.3) is 22.0 Å². The first-order valence-electron chi connectivity index (χ1n) is 10.5. The highest BCUT2D eigenvalue weighted by Gasteiger charge is 2.31. The van der Waals surface area contributed by atoms with Crippen molar-refractivity contribution >= 4 is 16.9 Å². The lowest BCUT2D eigenvalue weighted by molar-refractivity contribution is 0.0292. The lowest BCUT2D eigenvalue weighted by Gasteiger charge is -2.24. The van der Waals surface area contributed by atoms with Gasteiger partial charge in [0, 0.05) is 41.8 Å². The summed E-state index contributed by atoms with van der Waals surface area (Å²) in [7, 11) is 1.50. The van der Waals surface area contributed by atoms with Crippen molar-refractivity contribution in [3.05, 3.63) is 58.4 Å². The highest BCUT2D eigenvalue weighted by atomic mass is 19.1. The first kappa shape index (κ1) is 21.8. The maximum Gasteiger partial charge on any atom is 0.410 e. The predicted molar refractivity (Wildman–Crippen MR) is 119 cm³/mol. The SMILES string of the molecule is COc1cc2cc(C3CCN(C(=O)OC(C)(C)C)C3)[nH]c(=O)c2cc1-c1ncccc1F. The number of carbonyl (C=O) groups excluding carboxylic acids is 1. The molecule has 0 radical (unpaired) electrons. The number of amides is 1. The molecule has 0 aliphatic carbocycles. The normalized spacial score (nSPS) is 16.4. The Balaban J connectivity index is 1.68. The number of fused-ring (bicyclic) bond motifs is 1. The Morgan fingerprint density at radius 3 is 2.75 bits per heavy atom. The van der Waals surface area contributed by atoms with Crippen LogP contribution in [0.5, 0.6) is 5.75 Å². The summed E-state index contributed by atoms with van der Waals surface area (Å²) >= 11 is 0. The molecule has 7 nitrogen and oxygen atoms in total. The van der Waals surface area contributed by atoms with Crippen LogP contribution in [0, 0.1) is 5.82 Å². The highest BCUT2D eigenvalue weighted by Crippen LogP contribution is 2.35. The van der Waals surface area contributed by atoms with Crippen LogP contribution < -0.4 is 10.3 Å². The molecule has 168 valence electrons. The Morgan fingerprint density at radius 1 is 1.28 bits per heavy atom. The molecule has 0 bridgehead atoms. The van der Waals surface area contributed by atoms with E-state index in [9.17, 15) is 14.0 Å². The summed E-state index contributed by atoms with van der Waals surface area (Å²) in [5, 5.41) is 1.09. The average Bonchev–Trinajstić information content (AvgIpc) is 3.23. The van der Waals surface area contributed by atoms with Gasteiger partial charge >= 0.3 is 6.09 Å². The number of aromatic nitrogens is 2. The van der Waals surface area contributed by atoms with Crippen molar-refractivity contribution in [1.29, 1.82) is 0 Å². The fourth-order valence-electron chi connectivity index (χ4n) is 3.98. The van der Waals surface area contributed by atoms with Crippen molar-refractivity contribution in [2.24, 2.45) is 0 Å². The summed E-state index contributed by atoms with van der Waals surface area (Å²) in [6.07, 6.45) is 1.85. The maximum absolute atomic E-state index is 14.3. The molecule has 1 aliphatic heterocycles. The number of nitrogens with one attached hydrogen (secondary N) is 1. The second-order valence-corrected chi connectivity index (χ2v) is 8.94. The Bertz CT molecular complexity index is 1230. The number of hydrogen-bond donors (Lipinski definition) is 1. The van der Waals surface area contributed by atoms with Crippen LogP contribution in [-0.2, 0) is 4.74 Å². The number of likely N-dealkylation sites (tertiary alicyclic amines) is 1. The van der Waals surface area contributed by atoms with Crippen molar-refractivity contribution in [2.45, 2.75) is 38.7 Å². The number of H-pyrrole nitrogens is 1. The maximum atomic E-state index is 14.3. The molecule has 0 spiro atoms. The van der Waals surface area contributed by atoms with Gasteiger partial charge in [-0.15, -0.1) is 0 Å². The molecule has 1 fully saturated rings. The van der Waals surface area contributed by atoms with E-state index < -0.39 is 11.4 Å². The van der Waals surface area contributed by atoms with Gasteiger partial charge in [-0.1, -0.05) is 0 Å². The predicted octanol–water partition coefficient (Wildman–Crippen LogP) is 4.46. The topological polar surface area (TPSA) is 84.5 Å². The monoisotopic (exact) mass is 439 g/mol. The summed E-state index contributed by atoms with van der Waals surface area (Å²) in [5.74, 6) is -0.0848. The fourth-order valence-corrected chi connectivity index (χ4v) is 3.98. The minimum absolute atomic E-state index is 0.0153. The minimum Gasteiger partial charge on any atom is -0.496 e. The number of carbonyl (C=O) groups is 1. The summed E-state index contributed by atoms with van der Waals surface area (Å²) < 4.78 is 25.3. The third-order valence-corrected chi connectivity index (χ3v) is 5.48. The van der Waals surface area contributed by atoms with E-state index in [1.165, 1.54) is 25.4 Å². The molecule has 1 unspecified atom stereocenters. The third-order valence-electron chi connectivity index (χ3n) is 5.48. The van der Waals surface area contributed by atoms with Crippen LogP contribution in [-0.4, -0.2) is 46.8 Å². The van der Waals surface area contributed by atoms with Crippen molar-refractivity contribution in [1.82, 2.24) is 14.9 Å². The number of aromatic amines is 1. The zero-order chi connectivity index (χ0) is 23.0. The summed E-state index contributed by atoms with van der Waals surface area (Å²) in [6, 6.07) is 8.03. The van der Waals surface area contributed by atoms with Crippen molar-refractivity contribution in [2.75, 3.05) is 20.2 Å². The van der Waals surface area contributed by atoms with Gasteiger partial charge in [0.2, 0.25) is 0 Å². The van der Waals surface area contributed by atoms with Gasteiger partial charge in [0.25, 0.3) is 5.56 Å². The number of rotatable bonds is 3. The van der Waals surface area contributed by atoms with Gasteiger partial charge < -0.3 is 19.4 Å². The minimum atomic E-state index is -0.562. The van der Waals surface area contributed by atoms with E-state index in [1.54, 1.807) is 17.0 Å². The van der Waals surface area contributed by atoms with E-state index in [0.29, 0.717) is 35.2 Å². The molecule has 2 aromatic heterocycles. The number of ether oxygens (including phenoxy) is 2. The Labute approximate surface area is 185 Å². The molecule has 8 heteroatoms. The molecule has 3 heterocycles. The summed E-state index contributed by atoms with van der Waals surface area (Å²) in [5.41, 5.74) is 0.431. The summed E-state index contributed by atoms with van der Waals surface area (Å²) in [4.78, 5) is 34.0. The van der Waals surface area contributed by atoms with Crippen molar-refractivity contribution in [3.63, 3.8) is 0 Å². The lowest BCUT2D eigenvalue weighted by atomic mass is 9.99. The third kappa shape index (κ3) is 4.30. The molecule has 1 saturated heterocycles. The van der Waals surface area contributed by atoms with Crippen LogP contribution in [0.15, 0.2) is 41.3 Å². The van der Waals surface area contributed by atoms with E-state index in [2.05, 4.69) is 9.97 Å². The summed E-state index contributed by atoms with van der Waals surface area (Å²) in [6.45, 7) is 6.51. The Morgan fingerprint density at radius 2 is 2.06 bits per heavy atom. The van der Waals surface area contributed by atoms with Crippen molar-refractivity contribution in [3.8, 4) is 17.0 Å². The quantitative estimate of drug-likeness (QED) is 0.651. The van der Waals surface area contributed by atoms with Crippen LogP contribution in [0.1, 0.15) is 38.8 Å². The van der Waals surface area contributed by atoms with E-state index in [0.717, 1.165) is 12.1 Å². The molecule has 3 aromatic rings. The first-order chi connectivity index (χ1) is 15.2. The zero-order valence-electron chi connectivity index (χ0n) is 18.6.